The number of pyridine rings is 1. The molecule has 2 heterocycles. The number of aromatic nitrogens is 1. The van der Waals surface area contributed by atoms with E-state index >= 15 is 0 Å². The maximum absolute atomic E-state index is 12.2. The van der Waals surface area contributed by atoms with Gasteiger partial charge in [0.25, 0.3) is 0 Å². The first kappa shape index (κ1) is 15.3. The second-order valence-corrected chi connectivity index (χ2v) is 5.82. The lowest BCUT2D eigenvalue weighted by Crippen LogP contribution is -2.20. The average molecular weight is 332 g/mol. The fourth-order valence-corrected chi connectivity index (χ4v) is 2.74. The van der Waals surface area contributed by atoms with Crippen LogP contribution in [0.15, 0.2) is 71.9 Å². The zero-order chi connectivity index (χ0) is 17.1. The zero-order valence-electron chi connectivity index (χ0n) is 13.5. The first-order valence-electron chi connectivity index (χ1n) is 8.10. The van der Waals surface area contributed by atoms with Gasteiger partial charge < -0.3 is 9.57 Å². The molecule has 0 unspecified atom stereocenters. The molecule has 1 atom stereocenters. The summed E-state index contributed by atoms with van der Waals surface area (Å²) < 4.78 is 5.35. The summed E-state index contributed by atoms with van der Waals surface area (Å²) in [4.78, 5) is 21.9. The van der Waals surface area contributed by atoms with Crippen LogP contribution in [0.25, 0.3) is 10.9 Å². The third-order valence-electron chi connectivity index (χ3n) is 4.05. The highest BCUT2D eigenvalue weighted by molar-refractivity contribution is 6.01. The lowest BCUT2D eigenvalue weighted by atomic mass is 10.1. The van der Waals surface area contributed by atoms with Crippen LogP contribution in [-0.2, 0) is 9.57 Å². The molecule has 5 nitrogen and oxygen atoms in total. The average Bonchev–Trinajstić information content (AvgIpc) is 3.15. The van der Waals surface area contributed by atoms with Crippen LogP contribution in [0.3, 0.4) is 0 Å². The summed E-state index contributed by atoms with van der Waals surface area (Å²) in [7, 11) is 0. The Labute approximate surface area is 144 Å². The molecule has 2 aromatic carbocycles. The van der Waals surface area contributed by atoms with Gasteiger partial charge in [0, 0.05) is 11.8 Å². The summed E-state index contributed by atoms with van der Waals surface area (Å²) >= 11 is 0. The number of hydrogen-bond acceptors (Lipinski definition) is 5. The molecule has 0 radical (unpaired) electrons. The number of rotatable bonds is 4. The molecule has 0 fully saturated rings. The summed E-state index contributed by atoms with van der Waals surface area (Å²) in [6, 6.07) is 21.0. The van der Waals surface area contributed by atoms with Crippen molar-refractivity contribution in [1.29, 1.82) is 0 Å². The van der Waals surface area contributed by atoms with Crippen LogP contribution in [-0.4, -0.2) is 29.4 Å². The summed E-state index contributed by atoms with van der Waals surface area (Å²) in [5.74, 6) is -0.456. The Bertz CT molecular complexity index is 938. The Morgan fingerprint density at radius 2 is 1.84 bits per heavy atom. The van der Waals surface area contributed by atoms with Crippen molar-refractivity contribution in [1.82, 2.24) is 4.98 Å². The van der Waals surface area contributed by atoms with E-state index in [-0.39, 0.29) is 12.7 Å². The van der Waals surface area contributed by atoms with Gasteiger partial charge in [0.1, 0.15) is 12.3 Å². The molecule has 1 aliphatic rings. The Hall–Kier alpha value is -3.21. The van der Waals surface area contributed by atoms with Crippen molar-refractivity contribution >= 4 is 22.6 Å². The van der Waals surface area contributed by atoms with E-state index in [0.717, 1.165) is 22.2 Å². The van der Waals surface area contributed by atoms with Crippen LogP contribution in [0.2, 0.25) is 0 Å². The van der Waals surface area contributed by atoms with Crippen molar-refractivity contribution in [2.45, 2.75) is 12.5 Å². The summed E-state index contributed by atoms with van der Waals surface area (Å²) in [6.45, 7) is 0.146. The van der Waals surface area contributed by atoms with Crippen molar-refractivity contribution < 1.29 is 14.4 Å². The lowest BCUT2D eigenvalue weighted by Gasteiger charge is -2.09. The van der Waals surface area contributed by atoms with Gasteiger partial charge in [-0.3, -0.25) is 0 Å². The molecule has 0 bridgehead atoms. The summed E-state index contributed by atoms with van der Waals surface area (Å²) in [5, 5.41) is 5.07. The lowest BCUT2D eigenvalue weighted by molar-refractivity contribution is 0.00647. The number of esters is 1. The van der Waals surface area contributed by atoms with Crippen LogP contribution < -0.4 is 0 Å². The fraction of sp³-hybridized carbons (Fsp3) is 0.150. The van der Waals surface area contributed by atoms with Crippen LogP contribution in [0.4, 0.5) is 0 Å². The normalized spacial score (nSPS) is 16.3. The van der Waals surface area contributed by atoms with E-state index < -0.39 is 5.97 Å². The molecule has 25 heavy (non-hydrogen) atoms. The molecular weight excluding hydrogens is 316 g/mol. The maximum atomic E-state index is 12.2. The molecule has 0 saturated carbocycles. The predicted octanol–water partition coefficient (Wildman–Crippen LogP) is 3.58. The number of para-hydroxylation sites is 1. The van der Waals surface area contributed by atoms with Gasteiger partial charge in [0.2, 0.25) is 0 Å². The third kappa shape index (κ3) is 3.35. The van der Waals surface area contributed by atoms with Crippen molar-refractivity contribution in [2.24, 2.45) is 5.16 Å². The molecule has 4 rings (SSSR count). The van der Waals surface area contributed by atoms with E-state index in [1.54, 1.807) is 6.07 Å². The molecule has 0 spiro atoms. The van der Waals surface area contributed by atoms with Crippen molar-refractivity contribution in [3.05, 3.63) is 78.0 Å². The molecule has 1 aliphatic heterocycles. The molecule has 0 saturated heterocycles. The minimum atomic E-state index is -0.456. The van der Waals surface area contributed by atoms with Crippen LogP contribution in [0, 0.1) is 0 Å². The van der Waals surface area contributed by atoms with Crippen molar-refractivity contribution in [3.8, 4) is 0 Å². The minimum absolute atomic E-state index is 0.146. The first-order chi connectivity index (χ1) is 12.3. The van der Waals surface area contributed by atoms with Gasteiger partial charge in [0.05, 0.1) is 11.2 Å². The quantitative estimate of drug-likeness (QED) is 0.685. The number of ether oxygens (including phenoxy) is 1. The standard InChI is InChI=1S/C20H16N2O3/c23-20(18-11-10-15-8-4-5-9-17(15)21-18)24-13-16-12-19(22-25-16)14-6-2-1-3-7-14/h1-11,16H,12-13H2/t16-/m0/s1. The molecule has 1 aromatic heterocycles. The molecule has 5 heteroatoms. The van der Waals surface area contributed by atoms with Crippen molar-refractivity contribution in [3.63, 3.8) is 0 Å². The number of fused-ring (bicyclic) bond motifs is 1. The smallest absolute Gasteiger partial charge is 0.357 e. The maximum Gasteiger partial charge on any atom is 0.357 e. The van der Waals surface area contributed by atoms with Crippen LogP contribution in [0.1, 0.15) is 22.5 Å². The van der Waals surface area contributed by atoms with Crippen LogP contribution in [0.5, 0.6) is 0 Å². The van der Waals surface area contributed by atoms with Gasteiger partial charge >= 0.3 is 5.97 Å². The monoisotopic (exact) mass is 332 g/mol. The number of hydrogen-bond donors (Lipinski definition) is 0. The van der Waals surface area contributed by atoms with Gasteiger partial charge in [-0.15, -0.1) is 0 Å². The number of nitrogens with zero attached hydrogens (tertiary/aromatic N) is 2. The molecule has 3 aromatic rings. The van der Waals surface area contributed by atoms with Gasteiger partial charge in [-0.05, 0) is 17.7 Å². The van der Waals surface area contributed by atoms with E-state index in [0.29, 0.717) is 12.1 Å². The van der Waals surface area contributed by atoms with Crippen LogP contribution >= 0.6 is 0 Å². The van der Waals surface area contributed by atoms with E-state index in [1.165, 1.54) is 0 Å². The highest BCUT2D eigenvalue weighted by atomic mass is 16.7. The Balaban J connectivity index is 1.36. The predicted molar refractivity (Wildman–Crippen MR) is 94.5 cm³/mol. The minimum Gasteiger partial charge on any atom is -0.457 e. The molecule has 124 valence electrons. The largest absolute Gasteiger partial charge is 0.457 e. The zero-order valence-corrected chi connectivity index (χ0v) is 13.5. The first-order valence-corrected chi connectivity index (χ1v) is 8.10. The number of oxime groups is 1. The Morgan fingerprint density at radius 1 is 1.04 bits per heavy atom. The summed E-state index contributed by atoms with van der Waals surface area (Å²) in [5.41, 5.74) is 2.95. The van der Waals surface area contributed by atoms with E-state index in [2.05, 4.69) is 10.1 Å². The Morgan fingerprint density at radius 3 is 2.72 bits per heavy atom. The van der Waals surface area contributed by atoms with Gasteiger partial charge in [-0.2, -0.15) is 0 Å². The van der Waals surface area contributed by atoms with E-state index in [9.17, 15) is 4.79 Å². The van der Waals surface area contributed by atoms with Gasteiger partial charge in [-0.25, -0.2) is 9.78 Å². The highest BCUT2D eigenvalue weighted by Crippen LogP contribution is 2.17. The van der Waals surface area contributed by atoms with E-state index in [4.69, 9.17) is 9.57 Å². The van der Waals surface area contributed by atoms with E-state index in [1.807, 2.05) is 60.7 Å². The number of benzene rings is 2. The SMILES string of the molecule is O=C(OC[C@@H]1CC(c2ccccc2)=NO1)c1ccc2ccccc2n1. The third-order valence-corrected chi connectivity index (χ3v) is 4.05. The second-order valence-electron chi connectivity index (χ2n) is 5.82. The molecule has 0 aliphatic carbocycles. The molecule has 0 amide bonds. The fourth-order valence-electron chi connectivity index (χ4n) is 2.74. The van der Waals surface area contributed by atoms with Gasteiger partial charge in [-0.1, -0.05) is 59.8 Å². The molecule has 0 N–H and O–H groups in total. The van der Waals surface area contributed by atoms with Gasteiger partial charge in [0.15, 0.2) is 6.10 Å². The molecular formula is C20H16N2O3. The number of carbonyl (C=O) groups is 1. The topological polar surface area (TPSA) is 60.8 Å². The highest BCUT2D eigenvalue weighted by Gasteiger charge is 2.24. The Kier molecular flexibility index (Phi) is 4.12. The summed E-state index contributed by atoms with van der Waals surface area (Å²) in [6.07, 6.45) is 0.349. The van der Waals surface area contributed by atoms with Crippen molar-refractivity contribution in [2.75, 3.05) is 6.61 Å². The second kappa shape index (κ2) is 6.73. The number of carbonyl (C=O) groups excluding carboxylic acids is 1.